The number of benzene rings is 2. The SMILES string of the molecule is CCN1CC(=O)C[C@H]1C(=O)NC(=O)[C@H](CCCNC(=N)N)NC(=O)[C@H](CC(C)C)NC(=O)[C@@H](CC(C)C)NC(=O)[C@H](Cc1ccc(OC(C)=O)cc1)NC(=O)[C@H](CO)NC(=O)[C@H](Cc1c[nH]c2ccccc12)NC(=O)[C@H](Cc1c[nH]cn1)NC(=O)[C@@H]1CCCN1. The number of rotatable bonds is 33. The molecule has 0 unspecified atom stereocenters. The van der Waals surface area contributed by atoms with Gasteiger partial charge >= 0.3 is 5.97 Å². The van der Waals surface area contributed by atoms with Gasteiger partial charge in [-0.05, 0) is 92.8 Å². The zero-order valence-electron chi connectivity index (χ0n) is 51.6. The molecule has 2 aromatic carbocycles. The number of nitrogens with two attached hydrogens (primary N) is 1. The molecule has 6 rings (SSSR count). The fourth-order valence-corrected chi connectivity index (χ4v) is 10.7. The molecule has 9 atom stereocenters. The van der Waals surface area contributed by atoms with E-state index in [1.165, 1.54) is 37.5 Å². The Balaban J connectivity index is 1.23. The summed E-state index contributed by atoms with van der Waals surface area (Å²) in [5.41, 5.74) is 7.66. The number of ether oxygens (including phenoxy) is 1. The standard InChI is InChI=1S/C61H86N16O13/c1-7-77-30-39(80)27-51(77)60(89)76-53(82)44(15-11-21-66-61(62)63)69-54(83)45(22-33(2)3)70-55(84)46(23-34(4)5)71-56(85)47(24-36-16-18-40(19-17-36)90-35(6)79)72-59(88)50(31-78)75-57(86)48(25-37-28-67-42-13-9-8-12-41(37)42)73-58(87)49(26-38-29-64-32-68-38)74-52(81)43-14-10-20-65-43/h8-9,12-13,16-19,28-29,32-34,43-51,65,67,78H,7,10-11,14-15,20-27,30-31H2,1-6H3,(H,64,68)(H,69,83)(H,70,84)(H,71,85)(H,72,88)(H,73,87)(H,74,81)(H,75,86)(H4,62,63,66)(H,76,82,89)/t43-,44-,45-,46+,47-,48-,49-,50-,51-/m0/s1. The van der Waals surface area contributed by atoms with E-state index in [1.54, 1.807) is 58.0 Å². The second-order valence-corrected chi connectivity index (χ2v) is 23.4. The molecule has 2 saturated heterocycles. The Morgan fingerprint density at radius 1 is 0.722 bits per heavy atom. The normalized spacial score (nSPS) is 17.2. The van der Waals surface area contributed by atoms with Crippen molar-refractivity contribution in [3.05, 3.63) is 84.1 Å². The first kappa shape index (κ1) is 70.0. The molecule has 4 heterocycles. The van der Waals surface area contributed by atoms with Crippen LogP contribution in [0.5, 0.6) is 5.75 Å². The number of nitrogens with one attached hydrogen (secondary N) is 13. The summed E-state index contributed by atoms with van der Waals surface area (Å²) < 4.78 is 5.20. The Morgan fingerprint density at radius 3 is 1.87 bits per heavy atom. The van der Waals surface area contributed by atoms with Crippen molar-refractivity contribution in [2.75, 3.05) is 32.8 Å². The van der Waals surface area contributed by atoms with Crippen LogP contribution in [0.4, 0.5) is 0 Å². The average Bonchev–Trinajstić information content (AvgIpc) is 3.41. The van der Waals surface area contributed by atoms with Gasteiger partial charge in [0.15, 0.2) is 5.96 Å². The first-order chi connectivity index (χ1) is 42.9. The molecule has 2 aliphatic heterocycles. The number of aliphatic hydroxyl groups is 1. The van der Waals surface area contributed by atoms with Gasteiger partial charge in [-0.15, -0.1) is 0 Å². The number of aromatic amines is 2. The van der Waals surface area contributed by atoms with Gasteiger partial charge in [-0.1, -0.05) is 65.0 Å². The van der Waals surface area contributed by atoms with Crippen LogP contribution in [0.25, 0.3) is 10.9 Å². The molecule has 29 nitrogen and oxygen atoms in total. The monoisotopic (exact) mass is 1250 g/mol. The van der Waals surface area contributed by atoms with Crippen LogP contribution in [0.3, 0.4) is 0 Å². The van der Waals surface area contributed by atoms with E-state index in [9.17, 15) is 57.8 Å². The maximum Gasteiger partial charge on any atom is 0.308 e. The number of ketones is 1. The molecule has 0 spiro atoms. The Labute approximate surface area is 521 Å². The van der Waals surface area contributed by atoms with Gasteiger partial charge < -0.3 is 73.4 Å². The Hall–Kier alpha value is -9.09. The van der Waals surface area contributed by atoms with Gasteiger partial charge in [0.2, 0.25) is 53.2 Å². The third-order valence-electron chi connectivity index (χ3n) is 15.3. The fraction of sp³-hybridized carbons (Fsp3) is 0.525. The molecule has 0 saturated carbocycles. The highest BCUT2D eigenvalue weighted by Gasteiger charge is 2.39. The van der Waals surface area contributed by atoms with Crippen molar-refractivity contribution in [2.45, 2.75) is 160 Å². The van der Waals surface area contributed by atoms with Gasteiger partial charge in [-0.3, -0.25) is 68.4 Å². The fourth-order valence-electron chi connectivity index (χ4n) is 10.7. The lowest BCUT2D eigenvalue weighted by molar-refractivity contribution is -0.137. The number of esters is 1. The smallest absolute Gasteiger partial charge is 0.308 e. The summed E-state index contributed by atoms with van der Waals surface area (Å²) in [5, 5.41) is 46.1. The largest absolute Gasteiger partial charge is 0.427 e. The summed E-state index contributed by atoms with van der Waals surface area (Å²) in [4.78, 5) is 164. The second-order valence-electron chi connectivity index (χ2n) is 23.4. The highest BCUT2D eigenvalue weighted by atomic mass is 16.5. The highest BCUT2D eigenvalue weighted by Crippen LogP contribution is 2.21. The zero-order valence-corrected chi connectivity index (χ0v) is 51.6. The van der Waals surface area contributed by atoms with Crippen LogP contribution < -0.4 is 63.6 Å². The summed E-state index contributed by atoms with van der Waals surface area (Å²) in [5.74, 6) is -8.67. The maximum atomic E-state index is 14.8. The summed E-state index contributed by atoms with van der Waals surface area (Å²) in [6.45, 7) is 10.3. The van der Waals surface area contributed by atoms with Crippen molar-refractivity contribution in [3.63, 3.8) is 0 Å². The number of likely N-dealkylation sites (tertiary alicyclic amines) is 1. The Kier molecular flexibility index (Phi) is 26.5. The number of guanidine groups is 1. The topological polar surface area (TPSA) is 435 Å². The van der Waals surface area contributed by atoms with Crippen LogP contribution in [-0.4, -0.2) is 183 Å². The number of para-hydroxylation sites is 1. The van der Waals surface area contributed by atoms with Gasteiger partial charge in [-0.25, -0.2) is 4.98 Å². The summed E-state index contributed by atoms with van der Waals surface area (Å²) >= 11 is 0. The lowest BCUT2D eigenvalue weighted by Gasteiger charge is -2.29. The third-order valence-corrected chi connectivity index (χ3v) is 15.3. The van der Waals surface area contributed by atoms with Gasteiger partial charge in [0, 0.05) is 62.4 Å². The van der Waals surface area contributed by atoms with Crippen LogP contribution in [0.1, 0.15) is 103 Å². The number of H-pyrrole nitrogens is 2. The van der Waals surface area contributed by atoms with E-state index in [1.807, 2.05) is 18.2 Å². The number of aliphatic hydroxyl groups excluding tert-OH is 1. The molecule has 2 aliphatic rings. The van der Waals surface area contributed by atoms with Gasteiger partial charge in [0.05, 0.1) is 37.3 Å². The van der Waals surface area contributed by atoms with E-state index in [0.717, 1.165) is 17.3 Å². The minimum atomic E-state index is -1.76. The predicted octanol–water partition coefficient (Wildman–Crippen LogP) is -1.36. The molecule has 90 heavy (non-hydrogen) atoms. The molecule has 9 amide bonds. The average molecular weight is 1250 g/mol. The predicted molar refractivity (Wildman–Crippen MR) is 329 cm³/mol. The second kappa shape index (κ2) is 34.0. The van der Waals surface area contributed by atoms with Crippen molar-refractivity contribution in [3.8, 4) is 5.75 Å². The zero-order chi connectivity index (χ0) is 65.6. The molecule has 29 heteroatoms. The molecule has 2 fully saturated rings. The van der Waals surface area contributed by atoms with Gasteiger partial charge in [0.25, 0.3) is 0 Å². The minimum absolute atomic E-state index is 0.00263. The molecule has 0 aliphatic carbocycles. The summed E-state index contributed by atoms with van der Waals surface area (Å²) in [6.07, 6.45) is 5.58. The molecule has 2 aromatic heterocycles. The number of amides is 9. The van der Waals surface area contributed by atoms with Crippen LogP contribution in [0.2, 0.25) is 0 Å². The molecule has 0 bridgehead atoms. The molecule has 4 aromatic rings. The Morgan fingerprint density at radius 2 is 1.30 bits per heavy atom. The van der Waals surface area contributed by atoms with E-state index in [4.69, 9.17) is 15.9 Å². The molecule has 488 valence electrons. The van der Waals surface area contributed by atoms with Crippen molar-refractivity contribution < 1.29 is 62.6 Å². The quantitative estimate of drug-likeness (QED) is 0.00861. The van der Waals surface area contributed by atoms with E-state index < -0.39 is 120 Å². The summed E-state index contributed by atoms with van der Waals surface area (Å²) in [6, 6.07) is 1.82. The molecular formula is C61H86N16O13. The lowest BCUT2D eigenvalue weighted by atomic mass is 9.98. The molecule has 16 N–H and O–H groups in total. The number of carbonyl (C=O) groups excluding carboxylic acids is 11. The van der Waals surface area contributed by atoms with Crippen LogP contribution in [0, 0.1) is 17.2 Å². The number of likely N-dealkylation sites (N-methyl/N-ethyl adjacent to an activating group) is 1. The number of Topliss-reactive ketones (excluding diaryl/α,β-unsaturated/α-hetero) is 1. The first-order valence-corrected chi connectivity index (χ1v) is 30.4. The molecule has 0 radical (unpaired) electrons. The van der Waals surface area contributed by atoms with E-state index in [-0.39, 0.29) is 93.8 Å². The number of hydrogen-bond acceptors (Lipinski definition) is 17. The van der Waals surface area contributed by atoms with Gasteiger partial charge in [0.1, 0.15) is 53.8 Å². The van der Waals surface area contributed by atoms with Crippen molar-refractivity contribution in [2.24, 2.45) is 17.6 Å². The number of hydrogen-bond donors (Lipinski definition) is 15. The maximum absolute atomic E-state index is 14.8. The number of imidazole rings is 1. The van der Waals surface area contributed by atoms with Gasteiger partial charge in [-0.2, -0.15) is 0 Å². The molecular weight excluding hydrogens is 1160 g/mol. The number of imide groups is 1. The van der Waals surface area contributed by atoms with Crippen molar-refractivity contribution in [1.82, 2.24) is 73.0 Å². The minimum Gasteiger partial charge on any atom is -0.427 e. The van der Waals surface area contributed by atoms with Crippen LogP contribution in [-0.2, 0) is 72.0 Å². The number of nitrogens with zero attached hydrogens (tertiary/aromatic N) is 2. The number of carbonyl (C=O) groups is 11. The van der Waals surface area contributed by atoms with E-state index >= 15 is 0 Å². The first-order valence-electron chi connectivity index (χ1n) is 30.4. The van der Waals surface area contributed by atoms with E-state index in [2.05, 4.69) is 68.1 Å². The van der Waals surface area contributed by atoms with E-state index in [0.29, 0.717) is 36.3 Å². The third kappa shape index (κ3) is 21.3. The summed E-state index contributed by atoms with van der Waals surface area (Å²) in [7, 11) is 0. The number of aromatic nitrogens is 3. The lowest BCUT2D eigenvalue weighted by Crippen LogP contribution is -2.61. The highest BCUT2D eigenvalue weighted by molar-refractivity contribution is 6.04. The van der Waals surface area contributed by atoms with Crippen LogP contribution >= 0.6 is 0 Å². The van der Waals surface area contributed by atoms with Crippen LogP contribution in [0.15, 0.2) is 67.3 Å². The Bertz CT molecular complexity index is 3160. The number of fused-ring (bicyclic) bond motifs is 1. The van der Waals surface area contributed by atoms with Crippen molar-refractivity contribution >= 4 is 81.8 Å². The van der Waals surface area contributed by atoms with Crippen molar-refractivity contribution in [1.29, 1.82) is 5.41 Å².